The predicted molar refractivity (Wildman–Crippen MR) is 86.5 cm³/mol. The summed E-state index contributed by atoms with van der Waals surface area (Å²) in [5.74, 6) is 0. The van der Waals surface area contributed by atoms with Crippen molar-refractivity contribution in [2.75, 3.05) is 32.8 Å². The molecule has 4 nitrogen and oxygen atoms in total. The van der Waals surface area contributed by atoms with Crippen LogP contribution in [-0.4, -0.2) is 54.3 Å². The Labute approximate surface area is 128 Å². The second-order valence-corrected chi connectivity index (χ2v) is 6.33. The van der Waals surface area contributed by atoms with Crippen molar-refractivity contribution in [3.63, 3.8) is 0 Å². The van der Waals surface area contributed by atoms with Crippen LogP contribution in [0.25, 0.3) is 0 Å². The van der Waals surface area contributed by atoms with Crippen LogP contribution in [0, 0.1) is 0 Å². The lowest BCUT2D eigenvalue weighted by molar-refractivity contribution is -0.0232. The van der Waals surface area contributed by atoms with Gasteiger partial charge in [0.1, 0.15) is 0 Å². The average molecular weight is 291 g/mol. The Bertz CT molecular complexity index is 402. The average Bonchev–Trinajstić information content (AvgIpc) is 2.53. The van der Waals surface area contributed by atoms with E-state index in [4.69, 9.17) is 4.74 Å². The molecule has 0 spiro atoms. The zero-order valence-electron chi connectivity index (χ0n) is 13.6. The number of nitrogens with zero attached hydrogens (tertiary/aromatic N) is 2. The Morgan fingerprint density at radius 2 is 2.14 bits per heavy atom. The first-order valence-corrected chi connectivity index (χ1v) is 8.09. The van der Waals surface area contributed by atoms with E-state index in [1.54, 1.807) is 0 Å². The van der Waals surface area contributed by atoms with Crippen LogP contribution in [0.3, 0.4) is 0 Å². The van der Waals surface area contributed by atoms with Gasteiger partial charge in [0.05, 0.1) is 13.2 Å². The zero-order chi connectivity index (χ0) is 15.1. The van der Waals surface area contributed by atoms with Crippen LogP contribution in [0.1, 0.15) is 32.8 Å². The number of pyridine rings is 1. The SMILES string of the molecule is CCCNC(Cc1cccnc1)C(C)(C)N1CCOCC1. The van der Waals surface area contributed by atoms with Crippen LogP contribution in [0.15, 0.2) is 24.5 Å². The van der Waals surface area contributed by atoms with Gasteiger partial charge in [-0.1, -0.05) is 13.0 Å². The molecule has 0 amide bonds. The Balaban J connectivity index is 2.09. The summed E-state index contributed by atoms with van der Waals surface area (Å²) in [5.41, 5.74) is 1.40. The largest absolute Gasteiger partial charge is 0.379 e. The summed E-state index contributed by atoms with van der Waals surface area (Å²) in [5, 5.41) is 3.75. The lowest BCUT2D eigenvalue weighted by Crippen LogP contribution is -2.61. The van der Waals surface area contributed by atoms with Crippen molar-refractivity contribution >= 4 is 0 Å². The van der Waals surface area contributed by atoms with Gasteiger partial charge in [-0.05, 0) is 44.9 Å². The minimum Gasteiger partial charge on any atom is -0.379 e. The van der Waals surface area contributed by atoms with Gasteiger partial charge < -0.3 is 10.1 Å². The van der Waals surface area contributed by atoms with Gasteiger partial charge in [0.25, 0.3) is 0 Å². The maximum Gasteiger partial charge on any atom is 0.0594 e. The molecule has 1 unspecified atom stereocenters. The number of nitrogens with one attached hydrogen (secondary N) is 1. The van der Waals surface area contributed by atoms with Gasteiger partial charge in [-0.25, -0.2) is 0 Å². The highest BCUT2D eigenvalue weighted by atomic mass is 16.5. The van der Waals surface area contributed by atoms with E-state index in [0.29, 0.717) is 6.04 Å². The van der Waals surface area contributed by atoms with Gasteiger partial charge in [0, 0.05) is 37.1 Å². The molecule has 1 fully saturated rings. The van der Waals surface area contributed by atoms with E-state index >= 15 is 0 Å². The lowest BCUT2D eigenvalue weighted by atomic mass is 9.87. The normalized spacial score (nSPS) is 18.6. The highest BCUT2D eigenvalue weighted by Gasteiger charge is 2.35. The Kier molecular flexibility index (Phi) is 6.15. The van der Waals surface area contributed by atoms with Gasteiger partial charge in [-0.15, -0.1) is 0 Å². The second-order valence-electron chi connectivity index (χ2n) is 6.33. The van der Waals surface area contributed by atoms with E-state index in [1.807, 2.05) is 18.5 Å². The fraction of sp³-hybridized carbons (Fsp3) is 0.706. The van der Waals surface area contributed by atoms with E-state index in [-0.39, 0.29) is 5.54 Å². The molecule has 1 aliphatic rings. The molecule has 21 heavy (non-hydrogen) atoms. The fourth-order valence-corrected chi connectivity index (χ4v) is 3.00. The number of ether oxygens (including phenoxy) is 1. The van der Waals surface area contributed by atoms with Gasteiger partial charge in [-0.2, -0.15) is 0 Å². The van der Waals surface area contributed by atoms with Crippen molar-refractivity contribution in [2.24, 2.45) is 0 Å². The van der Waals surface area contributed by atoms with Crippen LogP contribution < -0.4 is 5.32 Å². The van der Waals surface area contributed by atoms with Gasteiger partial charge in [0.2, 0.25) is 0 Å². The van der Waals surface area contributed by atoms with Crippen molar-refractivity contribution in [3.8, 4) is 0 Å². The molecular formula is C17H29N3O. The summed E-state index contributed by atoms with van der Waals surface area (Å²) < 4.78 is 5.50. The summed E-state index contributed by atoms with van der Waals surface area (Å²) in [6, 6.07) is 4.61. The standard InChI is InChI=1S/C17H29N3O/c1-4-7-19-16(13-15-6-5-8-18-14-15)17(2,3)20-9-11-21-12-10-20/h5-6,8,14,16,19H,4,7,9-13H2,1-3H3. The molecule has 0 aliphatic carbocycles. The van der Waals surface area contributed by atoms with Crippen molar-refractivity contribution in [3.05, 3.63) is 30.1 Å². The third-order valence-corrected chi connectivity index (χ3v) is 4.48. The molecule has 1 saturated heterocycles. The minimum atomic E-state index is 0.106. The third kappa shape index (κ3) is 4.50. The van der Waals surface area contributed by atoms with Crippen molar-refractivity contribution < 1.29 is 4.74 Å². The zero-order valence-corrected chi connectivity index (χ0v) is 13.6. The molecule has 1 aromatic heterocycles. The first-order chi connectivity index (χ1) is 10.1. The first kappa shape index (κ1) is 16.4. The Hall–Kier alpha value is -0.970. The molecule has 1 atom stereocenters. The van der Waals surface area contributed by atoms with Crippen molar-refractivity contribution in [1.29, 1.82) is 0 Å². The maximum absolute atomic E-state index is 5.50. The molecule has 118 valence electrons. The molecular weight excluding hydrogens is 262 g/mol. The fourth-order valence-electron chi connectivity index (χ4n) is 3.00. The maximum atomic E-state index is 5.50. The molecule has 0 aromatic carbocycles. The van der Waals surface area contributed by atoms with E-state index < -0.39 is 0 Å². The predicted octanol–water partition coefficient (Wildman–Crippen LogP) is 2.10. The van der Waals surface area contributed by atoms with E-state index in [1.165, 1.54) is 5.56 Å². The number of morpholine rings is 1. The molecule has 2 heterocycles. The second kappa shape index (κ2) is 7.87. The monoisotopic (exact) mass is 291 g/mol. The molecule has 1 aromatic rings. The summed E-state index contributed by atoms with van der Waals surface area (Å²) >= 11 is 0. The van der Waals surface area contributed by atoms with Crippen molar-refractivity contribution in [2.45, 2.75) is 45.2 Å². The Morgan fingerprint density at radius 1 is 1.38 bits per heavy atom. The first-order valence-electron chi connectivity index (χ1n) is 8.09. The van der Waals surface area contributed by atoms with E-state index in [9.17, 15) is 0 Å². The molecule has 0 bridgehead atoms. The Morgan fingerprint density at radius 3 is 2.76 bits per heavy atom. The van der Waals surface area contributed by atoms with Crippen LogP contribution >= 0.6 is 0 Å². The summed E-state index contributed by atoms with van der Waals surface area (Å²) in [6.07, 6.45) is 5.99. The quantitative estimate of drug-likeness (QED) is 0.835. The van der Waals surface area contributed by atoms with Crippen LogP contribution in [-0.2, 0) is 11.2 Å². The number of hydrogen-bond acceptors (Lipinski definition) is 4. The molecule has 0 radical (unpaired) electrons. The van der Waals surface area contributed by atoms with Crippen molar-refractivity contribution in [1.82, 2.24) is 15.2 Å². The number of aromatic nitrogens is 1. The molecule has 2 rings (SSSR count). The lowest BCUT2D eigenvalue weighted by Gasteiger charge is -2.46. The highest BCUT2D eigenvalue weighted by molar-refractivity contribution is 5.13. The van der Waals surface area contributed by atoms with Gasteiger partial charge in [-0.3, -0.25) is 9.88 Å². The minimum absolute atomic E-state index is 0.106. The van der Waals surface area contributed by atoms with E-state index in [2.05, 4.69) is 42.0 Å². The molecule has 4 heteroatoms. The summed E-state index contributed by atoms with van der Waals surface area (Å²) in [7, 11) is 0. The third-order valence-electron chi connectivity index (χ3n) is 4.48. The van der Waals surface area contributed by atoms with E-state index in [0.717, 1.165) is 45.7 Å². The van der Waals surface area contributed by atoms with Crippen LogP contribution in [0.4, 0.5) is 0 Å². The van der Waals surface area contributed by atoms with Crippen LogP contribution in [0.5, 0.6) is 0 Å². The smallest absolute Gasteiger partial charge is 0.0594 e. The summed E-state index contributed by atoms with van der Waals surface area (Å²) in [6.45, 7) is 11.7. The highest BCUT2D eigenvalue weighted by Crippen LogP contribution is 2.23. The number of hydrogen-bond donors (Lipinski definition) is 1. The molecule has 1 N–H and O–H groups in total. The molecule has 0 saturated carbocycles. The number of rotatable bonds is 7. The van der Waals surface area contributed by atoms with Crippen LogP contribution in [0.2, 0.25) is 0 Å². The summed E-state index contributed by atoms with van der Waals surface area (Å²) in [4.78, 5) is 6.81. The molecule has 1 aliphatic heterocycles. The van der Waals surface area contributed by atoms with Gasteiger partial charge >= 0.3 is 0 Å². The van der Waals surface area contributed by atoms with Gasteiger partial charge in [0.15, 0.2) is 0 Å². The topological polar surface area (TPSA) is 37.4 Å².